The number of hydrogen-bond acceptors (Lipinski definition) is 4. The van der Waals surface area contributed by atoms with Crippen molar-refractivity contribution in [3.05, 3.63) is 59.5 Å². The number of morpholine rings is 1. The van der Waals surface area contributed by atoms with Gasteiger partial charge < -0.3 is 20.2 Å². The van der Waals surface area contributed by atoms with Crippen molar-refractivity contribution in [3.63, 3.8) is 0 Å². The molecule has 6 heteroatoms. The van der Waals surface area contributed by atoms with Gasteiger partial charge in [-0.05, 0) is 23.3 Å². The van der Waals surface area contributed by atoms with Gasteiger partial charge in [0.15, 0.2) is 5.96 Å². The van der Waals surface area contributed by atoms with Crippen LogP contribution in [0.5, 0.6) is 0 Å². The number of aliphatic imine (C=N–C) groups is 1. The lowest BCUT2D eigenvalue weighted by molar-refractivity contribution is 0.0341. The van der Waals surface area contributed by atoms with E-state index in [2.05, 4.69) is 33.4 Å². The Kier molecular flexibility index (Phi) is 5.87. The zero-order chi connectivity index (χ0) is 16.6. The highest BCUT2D eigenvalue weighted by Gasteiger charge is 2.12. The number of hydrogen-bond donors (Lipinski definition) is 2. The van der Waals surface area contributed by atoms with Crippen molar-refractivity contribution in [2.75, 3.05) is 26.3 Å². The van der Waals surface area contributed by atoms with Gasteiger partial charge in [-0.25, -0.2) is 4.99 Å². The molecule has 1 aliphatic rings. The van der Waals surface area contributed by atoms with E-state index in [0.717, 1.165) is 38.6 Å². The van der Waals surface area contributed by atoms with Crippen molar-refractivity contribution in [1.82, 2.24) is 10.2 Å². The summed E-state index contributed by atoms with van der Waals surface area (Å²) in [6, 6.07) is 12.1. The van der Waals surface area contributed by atoms with Crippen LogP contribution < -0.4 is 11.1 Å². The standard InChI is InChI=1S/C18H24N4O2/c19-18(21-13-17-6-3-9-24-17)20-12-15-4-1-2-5-16(15)14-22-7-10-23-11-8-22/h1-6,9H,7-8,10-14H2,(H3,19,20,21). The molecule has 0 amide bonds. The molecule has 2 heterocycles. The van der Waals surface area contributed by atoms with Crippen LogP contribution in [0.1, 0.15) is 16.9 Å². The minimum Gasteiger partial charge on any atom is -0.467 e. The summed E-state index contributed by atoms with van der Waals surface area (Å²) >= 11 is 0. The predicted octanol–water partition coefficient (Wildman–Crippen LogP) is 1.72. The average Bonchev–Trinajstić information content (AvgIpc) is 3.14. The topological polar surface area (TPSA) is 76.0 Å². The normalized spacial score (nSPS) is 16.2. The first-order valence-corrected chi connectivity index (χ1v) is 8.24. The Balaban J connectivity index is 1.56. The maximum atomic E-state index is 5.94. The molecule has 0 spiro atoms. The second-order valence-electron chi connectivity index (χ2n) is 5.79. The molecule has 3 N–H and O–H groups in total. The number of furan rings is 1. The highest BCUT2D eigenvalue weighted by atomic mass is 16.5. The van der Waals surface area contributed by atoms with Gasteiger partial charge in [0, 0.05) is 19.6 Å². The fourth-order valence-electron chi connectivity index (χ4n) is 2.68. The molecule has 1 aliphatic heterocycles. The van der Waals surface area contributed by atoms with Crippen molar-refractivity contribution < 1.29 is 9.15 Å². The van der Waals surface area contributed by atoms with E-state index in [0.29, 0.717) is 19.0 Å². The highest BCUT2D eigenvalue weighted by Crippen LogP contribution is 2.14. The molecule has 1 aromatic carbocycles. The summed E-state index contributed by atoms with van der Waals surface area (Å²) < 4.78 is 10.7. The van der Waals surface area contributed by atoms with Gasteiger partial charge in [0.05, 0.1) is 32.6 Å². The van der Waals surface area contributed by atoms with Gasteiger partial charge in [-0.3, -0.25) is 4.90 Å². The summed E-state index contributed by atoms with van der Waals surface area (Å²) in [5.41, 5.74) is 8.44. The van der Waals surface area contributed by atoms with E-state index in [4.69, 9.17) is 14.9 Å². The zero-order valence-electron chi connectivity index (χ0n) is 13.8. The maximum absolute atomic E-state index is 5.94. The third kappa shape index (κ3) is 4.84. The van der Waals surface area contributed by atoms with E-state index in [1.165, 1.54) is 11.1 Å². The molecule has 0 unspecified atom stereocenters. The van der Waals surface area contributed by atoms with Gasteiger partial charge in [-0.2, -0.15) is 0 Å². The van der Waals surface area contributed by atoms with E-state index in [9.17, 15) is 0 Å². The Labute approximate surface area is 142 Å². The molecule has 128 valence electrons. The lowest BCUT2D eigenvalue weighted by Crippen LogP contribution is -2.35. The number of benzene rings is 1. The number of nitrogens with zero attached hydrogens (tertiary/aromatic N) is 2. The number of rotatable bonds is 6. The van der Waals surface area contributed by atoms with Gasteiger partial charge in [0.25, 0.3) is 0 Å². The molecule has 1 aromatic heterocycles. The number of nitrogens with two attached hydrogens (primary N) is 1. The number of nitrogens with one attached hydrogen (secondary N) is 1. The fraction of sp³-hybridized carbons (Fsp3) is 0.389. The van der Waals surface area contributed by atoms with Crippen LogP contribution >= 0.6 is 0 Å². The summed E-state index contributed by atoms with van der Waals surface area (Å²) in [7, 11) is 0. The molecule has 0 bridgehead atoms. The largest absolute Gasteiger partial charge is 0.467 e. The van der Waals surface area contributed by atoms with Crippen molar-refractivity contribution in [2.24, 2.45) is 10.7 Å². The van der Waals surface area contributed by atoms with Crippen molar-refractivity contribution in [3.8, 4) is 0 Å². The van der Waals surface area contributed by atoms with Crippen molar-refractivity contribution >= 4 is 5.96 Å². The van der Waals surface area contributed by atoms with Crippen LogP contribution in [-0.2, 0) is 24.4 Å². The summed E-state index contributed by atoms with van der Waals surface area (Å²) in [6.45, 7) is 5.60. The first-order valence-electron chi connectivity index (χ1n) is 8.24. The zero-order valence-corrected chi connectivity index (χ0v) is 13.8. The molecule has 0 atom stereocenters. The molecule has 1 saturated heterocycles. The lowest BCUT2D eigenvalue weighted by atomic mass is 10.1. The monoisotopic (exact) mass is 328 g/mol. The fourth-order valence-corrected chi connectivity index (χ4v) is 2.68. The average molecular weight is 328 g/mol. The summed E-state index contributed by atoms with van der Waals surface area (Å²) in [4.78, 5) is 6.85. The van der Waals surface area contributed by atoms with Crippen LogP contribution in [-0.4, -0.2) is 37.2 Å². The van der Waals surface area contributed by atoms with Crippen LogP contribution in [0.15, 0.2) is 52.1 Å². The quantitative estimate of drug-likeness (QED) is 0.624. The van der Waals surface area contributed by atoms with Crippen LogP contribution in [0.25, 0.3) is 0 Å². The molecule has 0 aliphatic carbocycles. The molecule has 0 saturated carbocycles. The van der Waals surface area contributed by atoms with Gasteiger partial charge in [0.2, 0.25) is 0 Å². The second-order valence-corrected chi connectivity index (χ2v) is 5.79. The molecule has 6 nitrogen and oxygen atoms in total. The molecular weight excluding hydrogens is 304 g/mol. The molecule has 24 heavy (non-hydrogen) atoms. The van der Waals surface area contributed by atoms with Crippen LogP contribution in [0.3, 0.4) is 0 Å². The van der Waals surface area contributed by atoms with Crippen LogP contribution in [0.2, 0.25) is 0 Å². The molecular formula is C18H24N4O2. The van der Waals surface area contributed by atoms with Crippen LogP contribution in [0.4, 0.5) is 0 Å². The number of ether oxygens (including phenoxy) is 1. The molecule has 2 aromatic rings. The van der Waals surface area contributed by atoms with Gasteiger partial charge in [-0.15, -0.1) is 0 Å². The second kappa shape index (κ2) is 8.52. The first-order chi connectivity index (χ1) is 11.8. The van der Waals surface area contributed by atoms with Gasteiger partial charge >= 0.3 is 0 Å². The van der Waals surface area contributed by atoms with Crippen LogP contribution in [0, 0.1) is 0 Å². The van der Waals surface area contributed by atoms with E-state index in [-0.39, 0.29) is 0 Å². The Morgan fingerprint density at radius 2 is 1.92 bits per heavy atom. The minimum atomic E-state index is 0.424. The van der Waals surface area contributed by atoms with E-state index < -0.39 is 0 Å². The minimum absolute atomic E-state index is 0.424. The Morgan fingerprint density at radius 1 is 1.12 bits per heavy atom. The van der Waals surface area contributed by atoms with Gasteiger partial charge in [-0.1, -0.05) is 24.3 Å². The molecule has 0 radical (unpaired) electrons. The predicted molar refractivity (Wildman–Crippen MR) is 93.4 cm³/mol. The lowest BCUT2D eigenvalue weighted by Gasteiger charge is -2.27. The maximum Gasteiger partial charge on any atom is 0.189 e. The van der Waals surface area contributed by atoms with E-state index in [1.807, 2.05) is 18.2 Å². The van der Waals surface area contributed by atoms with Gasteiger partial charge in [0.1, 0.15) is 5.76 Å². The summed E-state index contributed by atoms with van der Waals surface area (Å²) in [5, 5.41) is 3.06. The van der Waals surface area contributed by atoms with E-state index in [1.54, 1.807) is 6.26 Å². The molecule has 3 rings (SSSR count). The summed E-state index contributed by atoms with van der Waals surface area (Å²) in [6.07, 6.45) is 1.65. The Bertz CT molecular complexity index is 649. The highest BCUT2D eigenvalue weighted by molar-refractivity contribution is 5.77. The third-order valence-electron chi connectivity index (χ3n) is 4.06. The first kappa shape index (κ1) is 16.5. The Morgan fingerprint density at radius 3 is 2.67 bits per heavy atom. The molecule has 1 fully saturated rings. The van der Waals surface area contributed by atoms with E-state index >= 15 is 0 Å². The van der Waals surface area contributed by atoms with Crippen molar-refractivity contribution in [1.29, 1.82) is 0 Å². The third-order valence-corrected chi connectivity index (χ3v) is 4.06. The Hall–Kier alpha value is -2.31. The summed E-state index contributed by atoms with van der Waals surface area (Å²) in [5.74, 6) is 1.26. The smallest absolute Gasteiger partial charge is 0.189 e. The number of guanidine groups is 1. The SMILES string of the molecule is NC(=NCc1ccccc1CN1CCOCC1)NCc1ccco1. The van der Waals surface area contributed by atoms with Crippen molar-refractivity contribution in [2.45, 2.75) is 19.6 Å².